The van der Waals surface area contributed by atoms with Gasteiger partial charge in [-0.25, -0.2) is 4.79 Å². The number of fused-ring (bicyclic) bond motifs is 1. The number of rotatable bonds is 3. The molecule has 116 valence electrons. The average molecular weight is 309 g/mol. The first-order chi connectivity index (χ1) is 11.2. The maximum Gasteiger partial charge on any atom is 0.340 e. The van der Waals surface area contributed by atoms with E-state index in [4.69, 9.17) is 9.47 Å². The molecule has 1 heterocycles. The van der Waals surface area contributed by atoms with E-state index < -0.39 is 5.97 Å². The molecule has 0 spiro atoms. The largest absolute Gasteiger partial charge is 0.497 e. The SMILES string of the molecule is COC(=O)c1cn(C(=O)c2cccc(OC)c2)c2ccccc12. The third kappa shape index (κ3) is 2.57. The summed E-state index contributed by atoms with van der Waals surface area (Å²) in [6.45, 7) is 0. The van der Waals surface area contributed by atoms with Crippen LogP contribution in [-0.4, -0.2) is 30.7 Å². The van der Waals surface area contributed by atoms with Gasteiger partial charge in [0.25, 0.3) is 5.91 Å². The molecular weight excluding hydrogens is 294 g/mol. The van der Waals surface area contributed by atoms with Crippen molar-refractivity contribution in [2.75, 3.05) is 14.2 Å². The van der Waals surface area contributed by atoms with Crippen LogP contribution in [0.5, 0.6) is 5.75 Å². The molecule has 0 atom stereocenters. The standard InChI is InChI=1S/C18H15NO4/c1-22-13-7-5-6-12(10-13)17(20)19-11-15(18(21)23-2)14-8-3-4-9-16(14)19/h3-11H,1-2H3. The van der Waals surface area contributed by atoms with Crippen LogP contribution in [0.15, 0.2) is 54.7 Å². The molecule has 0 unspecified atom stereocenters. The predicted molar refractivity (Wildman–Crippen MR) is 86.0 cm³/mol. The summed E-state index contributed by atoms with van der Waals surface area (Å²) in [6.07, 6.45) is 1.51. The molecule has 3 rings (SSSR count). The Labute approximate surface area is 133 Å². The van der Waals surface area contributed by atoms with E-state index in [9.17, 15) is 9.59 Å². The van der Waals surface area contributed by atoms with Crippen LogP contribution in [0.4, 0.5) is 0 Å². The number of methoxy groups -OCH3 is 2. The van der Waals surface area contributed by atoms with Crippen LogP contribution in [-0.2, 0) is 4.74 Å². The van der Waals surface area contributed by atoms with Crippen LogP contribution in [0.1, 0.15) is 20.7 Å². The fraction of sp³-hybridized carbons (Fsp3) is 0.111. The third-order valence-corrected chi connectivity index (χ3v) is 3.65. The second-order valence-corrected chi connectivity index (χ2v) is 4.96. The van der Waals surface area contributed by atoms with Crippen LogP contribution < -0.4 is 4.74 Å². The molecule has 0 saturated heterocycles. The minimum absolute atomic E-state index is 0.241. The number of esters is 1. The highest BCUT2D eigenvalue weighted by atomic mass is 16.5. The number of aromatic nitrogens is 1. The van der Waals surface area contributed by atoms with Gasteiger partial charge in [-0.1, -0.05) is 24.3 Å². The molecule has 0 N–H and O–H groups in total. The second kappa shape index (κ2) is 5.96. The minimum atomic E-state index is -0.474. The fourth-order valence-electron chi connectivity index (χ4n) is 2.52. The monoisotopic (exact) mass is 309 g/mol. The number of carbonyl (C=O) groups is 2. The van der Waals surface area contributed by atoms with Gasteiger partial charge in [0, 0.05) is 17.1 Å². The Bertz CT molecular complexity index is 895. The maximum absolute atomic E-state index is 12.8. The number of benzene rings is 2. The lowest BCUT2D eigenvalue weighted by Crippen LogP contribution is -2.11. The summed E-state index contributed by atoms with van der Waals surface area (Å²) in [4.78, 5) is 24.7. The Balaban J connectivity index is 2.15. The van der Waals surface area contributed by atoms with Crippen molar-refractivity contribution >= 4 is 22.8 Å². The molecule has 0 aliphatic rings. The maximum atomic E-state index is 12.8. The molecule has 2 aromatic carbocycles. The van der Waals surface area contributed by atoms with Gasteiger partial charge in [-0.05, 0) is 24.3 Å². The molecule has 0 amide bonds. The van der Waals surface area contributed by atoms with E-state index in [1.54, 1.807) is 43.5 Å². The van der Waals surface area contributed by atoms with E-state index in [2.05, 4.69) is 0 Å². The molecule has 0 bridgehead atoms. The van der Waals surface area contributed by atoms with E-state index in [1.165, 1.54) is 17.9 Å². The van der Waals surface area contributed by atoms with E-state index in [0.717, 1.165) is 0 Å². The molecule has 5 heteroatoms. The average Bonchev–Trinajstić information content (AvgIpc) is 3.00. The summed E-state index contributed by atoms with van der Waals surface area (Å²) in [5, 5.41) is 0.676. The lowest BCUT2D eigenvalue weighted by molar-refractivity contribution is 0.0603. The molecule has 0 fully saturated rings. The van der Waals surface area contributed by atoms with Gasteiger partial charge in [0.1, 0.15) is 5.75 Å². The van der Waals surface area contributed by atoms with Crippen LogP contribution in [0, 0.1) is 0 Å². The van der Waals surface area contributed by atoms with Gasteiger partial charge < -0.3 is 9.47 Å². The Hall–Kier alpha value is -3.08. The Morgan fingerprint density at radius 3 is 2.52 bits per heavy atom. The molecule has 5 nitrogen and oxygen atoms in total. The number of carbonyl (C=O) groups excluding carboxylic acids is 2. The van der Waals surface area contributed by atoms with Gasteiger partial charge in [-0.15, -0.1) is 0 Å². The minimum Gasteiger partial charge on any atom is -0.497 e. The molecule has 0 saturated carbocycles. The second-order valence-electron chi connectivity index (χ2n) is 4.96. The Morgan fingerprint density at radius 1 is 1.00 bits per heavy atom. The van der Waals surface area contributed by atoms with Gasteiger partial charge in [0.15, 0.2) is 0 Å². The van der Waals surface area contributed by atoms with Gasteiger partial charge >= 0.3 is 5.97 Å². The summed E-state index contributed by atoms with van der Waals surface area (Å²) in [6, 6.07) is 14.1. The van der Waals surface area contributed by atoms with Crippen molar-refractivity contribution in [1.29, 1.82) is 0 Å². The van der Waals surface area contributed by atoms with Crippen molar-refractivity contribution < 1.29 is 19.1 Å². The van der Waals surface area contributed by atoms with Crippen LogP contribution in [0.25, 0.3) is 10.9 Å². The number of hydrogen-bond donors (Lipinski definition) is 0. The molecule has 0 aliphatic heterocycles. The van der Waals surface area contributed by atoms with Crippen molar-refractivity contribution in [3.63, 3.8) is 0 Å². The quantitative estimate of drug-likeness (QED) is 0.698. The topological polar surface area (TPSA) is 57.5 Å². The van der Waals surface area contributed by atoms with Gasteiger partial charge in [-0.3, -0.25) is 9.36 Å². The summed E-state index contributed by atoms with van der Waals surface area (Å²) < 4.78 is 11.4. The van der Waals surface area contributed by atoms with Crippen molar-refractivity contribution in [2.45, 2.75) is 0 Å². The first-order valence-electron chi connectivity index (χ1n) is 7.03. The number of nitrogens with zero attached hydrogens (tertiary/aromatic N) is 1. The van der Waals surface area contributed by atoms with Gasteiger partial charge in [0.05, 0.1) is 25.3 Å². The third-order valence-electron chi connectivity index (χ3n) is 3.65. The van der Waals surface area contributed by atoms with Crippen LogP contribution >= 0.6 is 0 Å². The summed E-state index contributed by atoms with van der Waals surface area (Å²) >= 11 is 0. The highest BCUT2D eigenvalue weighted by molar-refractivity contribution is 6.10. The lowest BCUT2D eigenvalue weighted by Gasteiger charge is -2.06. The van der Waals surface area contributed by atoms with Gasteiger partial charge in [-0.2, -0.15) is 0 Å². The smallest absolute Gasteiger partial charge is 0.340 e. The van der Waals surface area contributed by atoms with E-state index in [1.807, 2.05) is 12.1 Å². The first-order valence-corrected chi connectivity index (χ1v) is 7.03. The first kappa shape index (κ1) is 14.8. The summed E-state index contributed by atoms with van der Waals surface area (Å²) in [7, 11) is 2.86. The zero-order valence-electron chi connectivity index (χ0n) is 12.8. The molecular formula is C18H15NO4. The number of para-hydroxylation sites is 1. The van der Waals surface area contributed by atoms with E-state index in [0.29, 0.717) is 27.8 Å². The number of ether oxygens (including phenoxy) is 2. The van der Waals surface area contributed by atoms with Crippen molar-refractivity contribution in [3.8, 4) is 5.75 Å². The zero-order valence-corrected chi connectivity index (χ0v) is 12.8. The molecule has 0 radical (unpaired) electrons. The predicted octanol–water partition coefficient (Wildman–Crippen LogP) is 3.13. The normalized spacial score (nSPS) is 10.5. The lowest BCUT2D eigenvalue weighted by atomic mass is 10.2. The fourth-order valence-corrected chi connectivity index (χ4v) is 2.52. The highest BCUT2D eigenvalue weighted by Crippen LogP contribution is 2.24. The Kier molecular flexibility index (Phi) is 3.85. The van der Waals surface area contributed by atoms with E-state index >= 15 is 0 Å². The summed E-state index contributed by atoms with van der Waals surface area (Å²) in [5.41, 5.74) is 1.49. The van der Waals surface area contributed by atoms with Crippen molar-refractivity contribution in [1.82, 2.24) is 4.57 Å². The van der Waals surface area contributed by atoms with Crippen molar-refractivity contribution in [3.05, 3.63) is 65.9 Å². The van der Waals surface area contributed by atoms with Gasteiger partial charge in [0.2, 0.25) is 0 Å². The molecule has 1 aromatic heterocycles. The molecule has 23 heavy (non-hydrogen) atoms. The highest BCUT2D eigenvalue weighted by Gasteiger charge is 2.19. The molecule has 0 aliphatic carbocycles. The van der Waals surface area contributed by atoms with E-state index in [-0.39, 0.29) is 5.91 Å². The van der Waals surface area contributed by atoms with Crippen molar-refractivity contribution in [2.24, 2.45) is 0 Å². The van der Waals surface area contributed by atoms with Crippen LogP contribution in [0.2, 0.25) is 0 Å². The zero-order chi connectivity index (χ0) is 16.4. The summed E-state index contributed by atoms with van der Waals surface area (Å²) in [5.74, 6) is -0.117. The van der Waals surface area contributed by atoms with Crippen LogP contribution in [0.3, 0.4) is 0 Å². The number of hydrogen-bond acceptors (Lipinski definition) is 4. The Morgan fingerprint density at radius 2 is 1.78 bits per heavy atom. The molecule has 3 aromatic rings.